The van der Waals surface area contributed by atoms with Crippen LogP contribution in [0.25, 0.3) is 0 Å². The maximum absolute atomic E-state index is 5.75. The Hall–Kier alpha value is -0.860. The molecule has 0 spiro atoms. The first kappa shape index (κ1) is 12.2. The predicted octanol–water partition coefficient (Wildman–Crippen LogP) is 1.77. The molecular weight excluding hydrogens is 184 g/mol. The Labute approximate surface area is 92.7 Å². The van der Waals surface area contributed by atoms with Gasteiger partial charge in [0, 0.05) is 6.54 Å². The summed E-state index contributed by atoms with van der Waals surface area (Å²) in [5.41, 5.74) is 16.8. The minimum atomic E-state index is 0.638. The van der Waals surface area contributed by atoms with Crippen LogP contribution in [-0.4, -0.2) is 6.54 Å². The monoisotopic (exact) mass is 206 g/mol. The van der Waals surface area contributed by atoms with Crippen LogP contribution in [0, 0.1) is 0 Å². The summed E-state index contributed by atoms with van der Waals surface area (Å²) in [5.74, 6) is 0. The molecule has 1 aromatic rings. The molecule has 0 radical (unpaired) electrons. The van der Waals surface area contributed by atoms with Gasteiger partial charge in [-0.25, -0.2) is 0 Å². The van der Waals surface area contributed by atoms with Crippen molar-refractivity contribution in [2.45, 2.75) is 39.7 Å². The van der Waals surface area contributed by atoms with Gasteiger partial charge in [0.05, 0.1) is 0 Å². The molecule has 0 fully saturated rings. The molecule has 84 valence electrons. The molecule has 0 saturated carbocycles. The van der Waals surface area contributed by atoms with Crippen LogP contribution in [0.3, 0.4) is 0 Å². The van der Waals surface area contributed by atoms with Crippen molar-refractivity contribution in [2.24, 2.45) is 11.5 Å². The summed E-state index contributed by atoms with van der Waals surface area (Å²) < 4.78 is 0. The Kier molecular flexibility index (Phi) is 4.79. The van der Waals surface area contributed by atoms with Crippen LogP contribution in [-0.2, 0) is 25.8 Å². The van der Waals surface area contributed by atoms with Gasteiger partial charge in [-0.15, -0.1) is 0 Å². The van der Waals surface area contributed by atoms with E-state index in [1.54, 1.807) is 0 Å². The van der Waals surface area contributed by atoms with Crippen LogP contribution in [0.5, 0.6) is 0 Å². The Bertz CT molecular complexity index is 319. The standard InChI is InChI=1S/C13H22N2/c1-3-10-8-13(9-15)11(4-2)7-12(10)5-6-14/h7-8H,3-6,9,14-15H2,1-2H3. The van der Waals surface area contributed by atoms with Gasteiger partial charge >= 0.3 is 0 Å². The summed E-state index contributed by atoms with van der Waals surface area (Å²) in [4.78, 5) is 0. The van der Waals surface area contributed by atoms with E-state index in [4.69, 9.17) is 11.5 Å². The third kappa shape index (κ3) is 2.80. The van der Waals surface area contributed by atoms with E-state index in [2.05, 4.69) is 26.0 Å². The average Bonchev–Trinajstić information content (AvgIpc) is 2.28. The van der Waals surface area contributed by atoms with Gasteiger partial charge in [0.2, 0.25) is 0 Å². The largest absolute Gasteiger partial charge is 0.330 e. The third-order valence-corrected chi connectivity index (χ3v) is 2.92. The number of rotatable bonds is 5. The zero-order valence-electron chi connectivity index (χ0n) is 9.84. The van der Waals surface area contributed by atoms with Crippen molar-refractivity contribution in [1.29, 1.82) is 0 Å². The number of aryl methyl sites for hydroxylation is 2. The third-order valence-electron chi connectivity index (χ3n) is 2.92. The number of benzene rings is 1. The van der Waals surface area contributed by atoms with Crippen molar-refractivity contribution < 1.29 is 0 Å². The van der Waals surface area contributed by atoms with Crippen molar-refractivity contribution in [3.8, 4) is 0 Å². The van der Waals surface area contributed by atoms with E-state index in [1.807, 2.05) is 0 Å². The molecule has 0 unspecified atom stereocenters. The van der Waals surface area contributed by atoms with Crippen molar-refractivity contribution in [1.82, 2.24) is 0 Å². The Morgan fingerprint density at radius 3 is 1.87 bits per heavy atom. The van der Waals surface area contributed by atoms with Gasteiger partial charge < -0.3 is 11.5 Å². The van der Waals surface area contributed by atoms with Gasteiger partial charge in [-0.3, -0.25) is 0 Å². The fourth-order valence-corrected chi connectivity index (χ4v) is 2.03. The molecule has 0 amide bonds. The van der Waals surface area contributed by atoms with Crippen LogP contribution in [0.1, 0.15) is 36.1 Å². The molecule has 0 heterocycles. The fourth-order valence-electron chi connectivity index (χ4n) is 2.03. The second-order valence-corrected chi connectivity index (χ2v) is 3.84. The minimum absolute atomic E-state index is 0.638. The summed E-state index contributed by atoms with van der Waals surface area (Å²) in [7, 11) is 0. The lowest BCUT2D eigenvalue weighted by Gasteiger charge is -2.13. The quantitative estimate of drug-likeness (QED) is 0.771. The summed E-state index contributed by atoms with van der Waals surface area (Å²) in [5, 5.41) is 0. The highest BCUT2D eigenvalue weighted by Crippen LogP contribution is 2.18. The van der Waals surface area contributed by atoms with Crippen LogP contribution in [0.15, 0.2) is 12.1 Å². The molecule has 1 rings (SSSR count). The number of hydrogen-bond acceptors (Lipinski definition) is 2. The second-order valence-electron chi connectivity index (χ2n) is 3.84. The van der Waals surface area contributed by atoms with E-state index < -0.39 is 0 Å². The van der Waals surface area contributed by atoms with E-state index in [1.165, 1.54) is 22.3 Å². The summed E-state index contributed by atoms with van der Waals surface area (Å²) in [6.45, 7) is 5.71. The predicted molar refractivity (Wildman–Crippen MR) is 65.8 cm³/mol. The van der Waals surface area contributed by atoms with Gasteiger partial charge in [0.1, 0.15) is 0 Å². The molecular formula is C13H22N2. The van der Waals surface area contributed by atoms with Gasteiger partial charge in [0.25, 0.3) is 0 Å². The van der Waals surface area contributed by atoms with Crippen LogP contribution >= 0.6 is 0 Å². The first-order valence-electron chi connectivity index (χ1n) is 5.80. The maximum atomic E-state index is 5.75. The van der Waals surface area contributed by atoms with E-state index in [-0.39, 0.29) is 0 Å². The fraction of sp³-hybridized carbons (Fsp3) is 0.538. The molecule has 2 nitrogen and oxygen atoms in total. The first-order valence-corrected chi connectivity index (χ1v) is 5.80. The highest BCUT2D eigenvalue weighted by molar-refractivity contribution is 5.39. The van der Waals surface area contributed by atoms with Crippen molar-refractivity contribution >= 4 is 0 Å². The van der Waals surface area contributed by atoms with Gasteiger partial charge in [-0.05, 0) is 48.1 Å². The highest BCUT2D eigenvalue weighted by atomic mass is 14.5. The lowest BCUT2D eigenvalue weighted by molar-refractivity contribution is 0.914. The SMILES string of the molecule is CCc1cc(CCN)c(CC)cc1CN. The molecule has 0 atom stereocenters. The van der Waals surface area contributed by atoms with Crippen molar-refractivity contribution in [3.63, 3.8) is 0 Å². The summed E-state index contributed by atoms with van der Waals surface area (Å²) >= 11 is 0. The molecule has 0 aliphatic rings. The normalized spacial score (nSPS) is 10.7. The number of nitrogens with two attached hydrogens (primary N) is 2. The molecule has 0 aromatic heterocycles. The smallest absolute Gasteiger partial charge is 0.0180 e. The average molecular weight is 206 g/mol. The molecule has 15 heavy (non-hydrogen) atoms. The molecule has 1 aromatic carbocycles. The zero-order chi connectivity index (χ0) is 11.3. The lowest BCUT2D eigenvalue weighted by Crippen LogP contribution is -2.09. The van der Waals surface area contributed by atoms with E-state index >= 15 is 0 Å². The lowest BCUT2D eigenvalue weighted by atomic mass is 9.94. The molecule has 4 N–H and O–H groups in total. The van der Waals surface area contributed by atoms with E-state index in [9.17, 15) is 0 Å². The van der Waals surface area contributed by atoms with Crippen LogP contribution < -0.4 is 11.5 Å². The Morgan fingerprint density at radius 2 is 1.40 bits per heavy atom. The van der Waals surface area contributed by atoms with E-state index in [0.29, 0.717) is 6.54 Å². The van der Waals surface area contributed by atoms with Gasteiger partial charge in [0.15, 0.2) is 0 Å². The maximum Gasteiger partial charge on any atom is 0.0180 e. The molecule has 2 heteroatoms. The molecule has 0 aliphatic heterocycles. The summed E-state index contributed by atoms with van der Waals surface area (Å²) in [6.07, 6.45) is 3.08. The molecule has 0 aliphatic carbocycles. The Balaban J connectivity index is 3.15. The zero-order valence-corrected chi connectivity index (χ0v) is 9.84. The van der Waals surface area contributed by atoms with Crippen LogP contribution in [0.2, 0.25) is 0 Å². The van der Waals surface area contributed by atoms with Gasteiger partial charge in [-0.1, -0.05) is 26.0 Å². The van der Waals surface area contributed by atoms with Crippen molar-refractivity contribution in [2.75, 3.05) is 6.54 Å². The molecule has 0 bridgehead atoms. The molecule has 0 saturated heterocycles. The minimum Gasteiger partial charge on any atom is -0.330 e. The van der Waals surface area contributed by atoms with Crippen LogP contribution in [0.4, 0.5) is 0 Å². The highest BCUT2D eigenvalue weighted by Gasteiger charge is 2.06. The van der Waals surface area contributed by atoms with Crippen molar-refractivity contribution in [3.05, 3.63) is 34.4 Å². The Morgan fingerprint density at radius 1 is 0.867 bits per heavy atom. The second kappa shape index (κ2) is 5.89. The van der Waals surface area contributed by atoms with Gasteiger partial charge in [-0.2, -0.15) is 0 Å². The van der Waals surface area contributed by atoms with E-state index in [0.717, 1.165) is 25.8 Å². The first-order chi connectivity index (χ1) is 7.26. The number of hydrogen-bond donors (Lipinski definition) is 2. The topological polar surface area (TPSA) is 52.0 Å². The summed E-state index contributed by atoms with van der Waals surface area (Å²) in [6, 6.07) is 4.54.